The van der Waals surface area contributed by atoms with E-state index in [2.05, 4.69) is 20.6 Å². The molecule has 0 amide bonds. The molecular weight excluding hydrogens is 244 g/mol. The molecule has 13 heavy (non-hydrogen) atoms. The Balaban J connectivity index is -0.0000000103. The van der Waals surface area contributed by atoms with Crippen LogP contribution in [-0.4, -0.2) is 15.5 Å². The zero-order valence-corrected chi connectivity index (χ0v) is 8.68. The monoisotopic (exact) mass is 257 g/mol. The summed E-state index contributed by atoms with van der Waals surface area (Å²) >= 11 is 0. The van der Waals surface area contributed by atoms with Crippen molar-refractivity contribution in [2.75, 3.05) is 0 Å². The SMILES string of the molecule is Cc1nnn[n-]1.[Cl-].[Co+3].[NH2-].[NH2-].[NH2-].[NH2-].[NH2-]. The molecule has 0 bridgehead atoms. The molecule has 0 aliphatic rings. The fourth-order valence-electron chi connectivity index (χ4n) is 0.189. The number of aromatic nitrogens is 4. The van der Waals surface area contributed by atoms with Crippen LogP contribution >= 0.6 is 0 Å². The topological polar surface area (TPSA) is 220 Å². The Bertz CT molecular complexity index is 121. The Labute approximate surface area is 93.7 Å². The van der Waals surface area contributed by atoms with Gasteiger partial charge >= 0.3 is 16.8 Å². The number of nitrogens with zero attached hydrogens (tertiary/aromatic N) is 4. The van der Waals surface area contributed by atoms with Crippen molar-refractivity contribution in [3.8, 4) is 0 Å². The molecule has 1 aromatic heterocycles. The normalized spacial score (nSPS) is 4.08. The summed E-state index contributed by atoms with van der Waals surface area (Å²) in [6.07, 6.45) is 0. The van der Waals surface area contributed by atoms with E-state index in [0.29, 0.717) is 5.82 Å². The predicted molar refractivity (Wildman–Crippen MR) is 44.3 cm³/mol. The molecule has 86 valence electrons. The molecule has 9 nitrogen and oxygen atoms in total. The Hall–Kier alpha value is -0.334. The molecule has 0 saturated heterocycles. The molecule has 1 heterocycles. The van der Waals surface area contributed by atoms with E-state index < -0.39 is 0 Å². The van der Waals surface area contributed by atoms with Crippen molar-refractivity contribution in [2.45, 2.75) is 6.92 Å². The van der Waals surface area contributed by atoms with Crippen LogP contribution in [0.2, 0.25) is 0 Å². The summed E-state index contributed by atoms with van der Waals surface area (Å²) in [6.45, 7) is 1.74. The van der Waals surface area contributed by atoms with Crippen molar-refractivity contribution in [1.82, 2.24) is 20.6 Å². The van der Waals surface area contributed by atoms with Gasteiger partial charge in [0.2, 0.25) is 0 Å². The third kappa shape index (κ3) is 24.5. The number of nitrogens with two attached hydrogens (primary N) is 5. The number of halogens is 1. The van der Waals surface area contributed by atoms with E-state index in [0.717, 1.165) is 0 Å². The summed E-state index contributed by atoms with van der Waals surface area (Å²) in [7, 11) is 0. The largest absolute Gasteiger partial charge is 3.00 e. The smallest absolute Gasteiger partial charge is 1.00 e. The molecule has 11 heteroatoms. The van der Waals surface area contributed by atoms with Crippen molar-refractivity contribution in [1.29, 1.82) is 0 Å². The van der Waals surface area contributed by atoms with E-state index in [1.54, 1.807) is 6.92 Å². The van der Waals surface area contributed by atoms with E-state index in [1.165, 1.54) is 0 Å². The summed E-state index contributed by atoms with van der Waals surface area (Å²) in [5, 5.41) is 13.3. The number of rotatable bonds is 0. The molecule has 10 N–H and O–H groups in total. The molecular formula is C2H13ClCoN9-4. The van der Waals surface area contributed by atoms with Gasteiger partial charge in [0.25, 0.3) is 0 Å². The van der Waals surface area contributed by atoms with Crippen LogP contribution in [0.1, 0.15) is 5.82 Å². The van der Waals surface area contributed by atoms with Crippen LogP contribution in [0.4, 0.5) is 0 Å². The predicted octanol–water partition coefficient (Wildman–Crippen LogP) is -0.276. The van der Waals surface area contributed by atoms with E-state index in [4.69, 9.17) is 0 Å². The van der Waals surface area contributed by atoms with Gasteiger partial charge in [0.15, 0.2) is 0 Å². The van der Waals surface area contributed by atoms with E-state index in [1.807, 2.05) is 0 Å². The minimum atomic E-state index is 0. The Morgan fingerprint density at radius 3 is 1.46 bits per heavy atom. The molecule has 0 fully saturated rings. The first kappa shape index (κ1) is 53.7. The van der Waals surface area contributed by atoms with Gasteiger partial charge in [-0.15, -0.1) is 0 Å². The Morgan fingerprint density at radius 2 is 1.38 bits per heavy atom. The minimum Gasteiger partial charge on any atom is -1.00 e. The van der Waals surface area contributed by atoms with Gasteiger partial charge in [-0.25, -0.2) is 0 Å². The summed E-state index contributed by atoms with van der Waals surface area (Å²) in [5.74, 6) is 0.620. The molecule has 0 radical (unpaired) electrons. The second kappa shape index (κ2) is 29.9. The molecule has 0 unspecified atom stereocenters. The van der Waals surface area contributed by atoms with Crippen LogP contribution in [0.5, 0.6) is 0 Å². The van der Waals surface area contributed by atoms with Gasteiger partial charge in [-0.2, -0.15) is 5.21 Å². The van der Waals surface area contributed by atoms with E-state index >= 15 is 0 Å². The molecule has 0 saturated carbocycles. The first-order chi connectivity index (χ1) is 2.89. The maximum atomic E-state index is 3.44. The molecule has 1 rings (SSSR count). The van der Waals surface area contributed by atoms with Crippen molar-refractivity contribution in [2.24, 2.45) is 0 Å². The van der Waals surface area contributed by atoms with Crippen LogP contribution in [0.25, 0.3) is 30.8 Å². The van der Waals surface area contributed by atoms with Crippen molar-refractivity contribution >= 4 is 0 Å². The average molecular weight is 258 g/mol. The zero-order valence-electron chi connectivity index (χ0n) is 6.89. The van der Waals surface area contributed by atoms with E-state index in [9.17, 15) is 0 Å². The van der Waals surface area contributed by atoms with Gasteiger partial charge < -0.3 is 48.3 Å². The average Bonchev–Trinajstić information content (AvgIpc) is 1.86. The first-order valence-corrected chi connectivity index (χ1v) is 1.55. The number of hydrogen-bond donors (Lipinski definition) is 0. The third-order valence-corrected chi connectivity index (χ3v) is 0.419. The van der Waals surface area contributed by atoms with Gasteiger partial charge in [-0.3, -0.25) is 10.3 Å². The number of tetrazole rings is 1. The summed E-state index contributed by atoms with van der Waals surface area (Å²) < 4.78 is 0. The second-order valence-electron chi connectivity index (χ2n) is 0.926. The zero-order chi connectivity index (χ0) is 4.41. The summed E-state index contributed by atoms with van der Waals surface area (Å²) in [5.41, 5.74) is 0. The van der Waals surface area contributed by atoms with Gasteiger partial charge in [-0.05, 0) is 6.92 Å². The van der Waals surface area contributed by atoms with Crippen LogP contribution < -0.4 is 17.5 Å². The fourth-order valence-corrected chi connectivity index (χ4v) is 0.189. The fraction of sp³-hybridized carbons (Fsp3) is 0.500. The summed E-state index contributed by atoms with van der Waals surface area (Å²) in [4.78, 5) is 0. The van der Waals surface area contributed by atoms with Crippen molar-refractivity contribution in [3.05, 3.63) is 36.6 Å². The maximum absolute atomic E-state index is 3.44. The van der Waals surface area contributed by atoms with E-state index in [-0.39, 0.29) is 59.9 Å². The molecule has 0 aliphatic heterocycles. The molecule has 0 spiro atoms. The quantitative estimate of drug-likeness (QED) is 0.611. The van der Waals surface area contributed by atoms with Crippen LogP contribution in [0.15, 0.2) is 0 Å². The van der Waals surface area contributed by atoms with Gasteiger partial charge in [0.05, 0.1) is 0 Å². The first-order valence-electron chi connectivity index (χ1n) is 1.55. The standard InChI is InChI=1S/C2H3N4.ClH.Co.5H2N/c1-2-3-5-6-4-2;;;;;;;/h1H3;1H;;5*1H2/q-1;;+3;5*-1/p-1. The Morgan fingerprint density at radius 1 is 1.00 bits per heavy atom. The molecule has 1 aromatic rings. The Kier molecular flexibility index (Phi) is 123. The second-order valence-corrected chi connectivity index (χ2v) is 0.926. The number of hydrogen-bond acceptors (Lipinski definition) is 3. The van der Waals surface area contributed by atoms with Crippen molar-refractivity contribution in [3.63, 3.8) is 0 Å². The van der Waals surface area contributed by atoms with Crippen LogP contribution in [0.3, 0.4) is 0 Å². The molecule has 0 aromatic carbocycles. The summed E-state index contributed by atoms with van der Waals surface area (Å²) in [6, 6.07) is 0. The van der Waals surface area contributed by atoms with Gasteiger partial charge in [-0.1, -0.05) is 0 Å². The van der Waals surface area contributed by atoms with Gasteiger partial charge in [0.1, 0.15) is 0 Å². The van der Waals surface area contributed by atoms with Crippen molar-refractivity contribution < 1.29 is 29.2 Å². The van der Waals surface area contributed by atoms with Gasteiger partial charge in [0, 0.05) is 5.82 Å². The minimum absolute atomic E-state index is 0. The van der Waals surface area contributed by atoms with Crippen LogP contribution in [0, 0.1) is 6.92 Å². The van der Waals surface area contributed by atoms with Crippen LogP contribution in [-0.2, 0) is 16.8 Å². The molecule has 0 aliphatic carbocycles. The third-order valence-electron chi connectivity index (χ3n) is 0.419. The maximum Gasteiger partial charge on any atom is 3.00 e. The number of aryl methyl sites for hydroxylation is 1. The molecule has 0 atom stereocenters.